The van der Waals surface area contributed by atoms with Gasteiger partial charge in [-0.1, -0.05) is 25.4 Å². The Morgan fingerprint density at radius 1 is 1.23 bits per heavy atom. The van der Waals surface area contributed by atoms with Crippen molar-refractivity contribution in [1.82, 2.24) is 9.62 Å². The summed E-state index contributed by atoms with van der Waals surface area (Å²) in [5.74, 6) is 0.176. The van der Waals surface area contributed by atoms with E-state index in [4.69, 9.17) is 11.6 Å². The maximum atomic E-state index is 13.1. The topological polar surface area (TPSA) is 66.5 Å². The second-order valence-electron chi connectivity index (χ2n) is 8.43. The average molecular weight is 401 g/mol. The number of halogens is 1. The second kappa shape index (κ2) is 7.49. The van der Waals surface area contributed by atoms with E-state index in [0.717, 1.165) is 12.8 Å². The zero-order valence-electron chi connectivity index (χ0n) is 16.3. The van der Waals surface area contributed by atoms with Crippen LogP contribution in [0.3, 0.4) is 0 Å². The van der Waals surface area contributed by atoms with Gasteiger partial charge in [0.15, 0.2) is 0 Å². The Hall–Kier alpha value is -1.11. The first-order valence-electron chi connectivity index (χ1n) is 8.99. The minimum absolute atomic E-state index is 0.0621. The molecule has 1 aromatic carbocycles. The van der Waals surface area contributed by atoms with Gasteiger partial charge in [-0.15, -0.1) is 0 Å². The number of benzene rings is 1. The fourth-order valence-electron chi connectivity index (χ4n) is 2.81. The third-order valence-corrected chi connectivity index (χ3v) is 6.73. The minimum atomic E-state index is -3.82. The molecule has 1 atom stereocenters. The van der Waals surface area contributed by atoms with E-state index in [0.29, 0.717) is 11.5 Å². The van der Waals surface area contributed by atoms with Crippen LogP contribution in [0.2, 0.25) is 5.02 Å². The molecule has 0 bridgehead atoms. The summed E-state index contributed by atoms with van der Waals surface area (Å²) in [7, 11) is -3.82. The highest BCUT2D eigenvalue weighted by atomic mass is 35.5. The van der Waals surface area contributed by atoms with E-state index in [9.17, 15) is 13.2 Å². The molecule has 7 heteroatoms. The highest BCUT2D eigenvalue weighted by Crippen LogP contribution is 2.33. The molecule has 0 aromatic heterocycles. The predicted molar refractivity (Wildman–Crippen MR) is 105 cm³/mol. The number of hydrogen-bond acceptors (Lipinski definition) is 3. The van der Waals surface area contributed by atoms with Gasteiger partial charge in [-0.25, -0.2) is 13.1 Å². The summed E-state index contributed by atoms with van der Waals surface area (Å²) in [5.41, 5.74) is -0.294. The van der Waals surface area contributed by atoms with Gasteiger partial charge in [0.25, 0.3) is 5.91 Å². The summed E-state index contributed by atoms with van der Waals surface area (Å²) in [6.07, 6.45) is 1.99. The molecule has 0 spiro atoms. The van der Waals surface area contributed by atoms with Crippen LogP contribution in [-0.2, 0) is 10.0 Å². The smallest absolute Gasteiger partial charge is 0.254 e. The molecule has 26 heavy (non-hydrogen) atoms. The van der Waals surface area contributed by atoms with Crippen molar-refractivity contribution in [2.75, 3.05) is 0 Å². The van der Waals surface area contributed by atoms with Crippen molar-refractivity contribution in [3.63, 3.8) is 0 Å². The molecule has 1 fully saturated rings. The first-order valence-corrected chi connectivity index (χ1v) is 10.9. The normalized spacial score (nSPS) is 16.6. The summed E-state index contributed by atoms with van der Waals surface area (Å²) < 4.78 is 27.9. The highest BCUT2D eigenvalue weighted by Gasteiger charge is 2.37. The second-order valence-corrected chi connectivity index (χ2v) is 10.5. The van der Waals surface area contributed by atoms with E-state index >= 15 is 0 Å². The van der Waals surface area contributed by atoms with Gasteiger partial charge in [-0.2, -0.15) is 0 Å². The molecule has 1 N–H and O–H groups in total. The van der Waals surface area contributed by atoms with E-state index in [1.165, 1.54) is 12.1 Å². The van der Waals surface area contributed by atoms with Crippen molar-refractivity contribution >= 4 is 27.5 Å². The number of sulfonamides is 1. The predicted octanol–water partition coefficient (Wildman–Crippen LogP) is 4.07. The van der Waals surface area contributed by atoms with Gasteiger partial charge in [0.2, 0.25) is 10.0 Å². The van der Waals surface area contributed by atoms with Gasteiger partial charge in [0.05, 0.1) is 5.02 Å². The Balaban J connectivity index is 2.41. The summed E-state index contributed by atoms with van der Waals surface area (Å²) >= 11 is 6.14. The van der Waals surface area contributed by atoms with Crippen LogP contribution in [0.1, 0.15) is 64.7 Å². The lowest BCUT2D eigenvalue weighted by Gasteiger charge is -2.32. The first-order chi connectivity index (χ1) is 11.8. The molecule has 0 aliphatic heterocycles. The summed E-state index contributed by atoms with van der Waals surface area (Å²) in [6, 6.07) is 4.79. The van der Waals surface area contributed by atoms with Crippen molar-refractivity contribution in [3.8, 4) is 0 Å². The lowest BCUT2D eigenvalue weighted by molar-refractivity contribution is 0.0627. The first kappa shape index (κ1) is 21.2. The Kier molecular flexibility index (Phi) is 6.10. The van der Waals surface area contributed by atoms with E-state index in [1.54, 1.807) is 26.8 Å². The zero-order valence-corrected chi connectivity index (χ0v) is 17.9. The van der Waals surface area contributed by atoms with Crippen LogP contribution < -0.4 is 4.72 Å². The number of carbonyl (C=O) groups is 1. The SMILES string of the molecule is CC(C)C(C)N(C(=O)c1ccc(Cl)c(S(=O)(=O)NC(C)(C)C)c1)C1CC1. The van der Waals surface area contributed by atoms with Gasteiger partial charge in [0.1, 0.15) is 4.90 Å². The average Bonchev–Trinajstić information content (AvgIpc) is 3.29. The molecule has 1 aliphatic rings. The van der Waals surface area contributed by atoms with Gasteiger partial charge in [0, 0.05) is 23.2 Å². The molecule has 1 saturated carbocycles. The Morgan fingerprint density at radius 2 is 1.81 bits per heavy atom. The van der Waals surface area contributed by atoms with E-state index in [1.807, 2.05) is 11.8 Å². The molecule has 0 heterocycles. The van der Waals surface area contributed by atoms with Crippen LogP contribution in [0.15, 0.2) is 23.1 Å². The molecule has 1 aliphatic carbocycles. The maximum absolute atomic E-state index is 13.1. The molecule has 0 saturated heterocycles. The largest absolute Gasteiger partial charge is 0.333 e. The van der Waals surface area contributed by atoms with Gasteiger partial charge < -0.3 is 4.90 Å². The molecule has 1 unspecified atom stereocenters. The van der Waals surface area contributed by atoms with Crippen molar-refractivity contribution in [2.24, 2.45) is 5.92 Å². The van der Waals surface area contributed by atoms with E-state index in [-0.39, 0.29) is 27.9 Å². The fourth-order valence-corrected chi connectivity index (χ4v) is 4.75. The van der Waals surface area contributed by atoms with Crippen LogP contribution >= 0.6 is 11.6 Å². The summed E-state index contributed by atoms with van der Waals surface area (Å²) in [5, 5.41) is 0.105. The summed E-state index contributed by atoms with van der Waals surface area (Å²) in [4.78, 5) is 14.9. The Bertz CT molecular complexity index is 780. The molecule has 2 rings (SSSR count). The number of carbonyl (C=O) groups excluding carboxylic acids is 1. The molecule has 1 amide bonds. The van der Waals surface area contributed by atoms with Gasteiger partial charge in [-0.3, -0.25) is 4.79 Å². The molecule has 146 valence electrons. The Morgan fingerprint density at radius 3 is 2.27 bits per heavy atom. The zero-order chi connectivity index (χ0) is 19.9. The van der Waals surface area contributed by atoms with Crippen LogP contribution in [-0.4, -0.2) is 36.8 Å². The number of rotatable bonds is 6. The lowest BCUT2D eigenvalue weighted by Crippen LogP contribution is -2.43. The summed E-state index contributed by atoms with van der Waals surface area (Å²) in [6.45, 7) is 11.5. The van der Waals surface area contributed by atoms with Gasteiger partial charge >= 0.3 is 0 Å². The molecule has 1 aromatic rings. The Labute approximate surface area is 162 Å². The van der Waals surface area contributed by atoms with E-state index in [2.05, 4.69) is 18.6 Å². The van der Waals surface area contributed by atoms with Crippen LogP contribution in [0.5, 0.6) is 0 Å². The number of hydrogen-bond donors (Lipinski definition) is 1. The number of nitrogens with one attached hydrogen (secondary N) is 1. The van der Waals surface area contributed by atoms with Crippen LogP contribution in [0.25, 0.3) is 0 Å². The van der Waals surface area contributed by atoms with Crippen molar-refractivity contribution in [2.45, 2.75) is 76.9 Å². The van der Waals surface area contributed by atoms with Crippen LogP contribution in [0.4, 0.5) is 0 Å². The van der Waals surface area contributed by atoms with Crippen molar-refractivity contribution < 1.29 is 13.2 Å². The number of nitrogens with zero attached hydrogens (tertiary/aromatic N) is 1. The third-order valence-electron chi connectivity index (χ3n) is 4.49. The van der Waals surface area contributed by atoms with Crippen LogP contribution in [0, 0.1) is 5.92 Å². The number of amides is 1. The molecule has 5 nitrogen and oxygen atoms in total. The lowest BCUT2D eigenvalue weighted by atomic mass is 10.0. The quantitative estimate of drug-likeness (QED) is 0.782. The van der Waals surface area contributed by atoms with E-state index < -0.39 is 15.6 Å². The third kappa shape index (κ3) is 4.99. The maximum Gasteiger partial charge on any atom is 0.254 e. The van der Waals surface area contributed by atoms with Crippen molar-refractivity contribution in [1.29, 1.82) is 0 Å². The highest BCUT2D eigenvalue weighted by molar-refractivity contribution is 7.89. The molecular weight excluding hydrogens is 372 g/mol. The fraction of sp³-hybridized carbons (Fsp3) is 0.632. The van der Waals surface area contributed by atoms with Gasteiger partial charge in [-0.05, 0) is 64.7 Å². The molecule has 0 radical (unpaired) electrons. The molecular formula is C19H29ClN2O3S. The van der Waals surface area contributed by atoms with Crippen molar-refractivity contribution in [3.05, 3.63) is 28.8 Å². The monoisotopic (exact) mass is 400 g/mol. The minimum Gasteiger partial charge on any atom is -0.333 e. The standard InChI is InChI=1S/C19H29ClN2O3S/c1-12(2)13(3)22(15-8-9-15)18(23)14-7-10-16(20)17(11-14)26(24,25)21-19(4,5)6/h7,10-13,15,21H,8-9H2,1-6H3.